The van der Waals surface area contributed by atoms with E-state index < -0.39 is 17.5 Å². The van der Waals surface area contributed by atoms with Crippen LogP contribution in [-0.2, 0) is 34.7 Å². The van der Waals surface area contributed by atoms with E-state index in [0.717, 1.165) is 23.3 Å². The lowest BCUT2D eigenvalue weighted by molar-refractivity contribution is -0.207. The Labute approximate surface area is 131 Å². The standard InChI is InChI=1S/C18H13F3O2/c1-11-15-8-14(18(19,20)21)7-6-12(15)9-22-17(11)16-5-3-2-4-13(16)10-23-17/h2-8H,1,9-10H2. The molecule has 118 valence electrons. The van der Waals surface area contributed by atoms with Gasteiger partial charge in [0, 0.05) is 11.1 Å². The van der Waals surface area contributed by atoms with Crippen molar-refractivity contribution in [2.75, 3.05) is 0 Å². The molecule has 2 nitrogen and oxygen atoms in total. The normalized spacial score (nSPS) is 23.0. The van der Waals surface area contributed by atoms with Gasteiger partial charge in [0.2, 0.25) is 5.79 Å². The summed E-state index contributed by atoms with van der Waals surface area (Å²) in [5, 5.41) is 0. The number of hydrogen-bond donors (Lipinski definition) is 0. The van der Waals surface area contributed by atoms with Gasteiger partial charge in [-0.2, -0.15) is 13.2 Å². The molecule has 2 aliphatic rings. The Kier molecular flexibility index (Phi) is 2.95. The van der Waals surface area contributed by atoms with Crippen LogP contribution in [0.2, 0.25) is 0 Å². The summed E-state index contributed by atoms with van der Waals surface area (Å²) < 4.78 is 50.8. The molecule has 2 aromatic carbocycles. The average molecular weight is 318 g/mol. The average Bonchev–Trinajstić information content (AvgIpc) is 2.90. The Bertz CT molecular complexity index is 810. The summed E-state index contributed by atoms with van der Waals surface area (Å²) in [5.41, 5.74) is 2.62. The maximum atomic E-state index is 13.0. The van der Waals surface area contributed by atoms with E-state index in [1.807, 2.05) is 24.3 Å². The van der Waals surface area contributed by atoms with Crippen molar-refractivity contribution in [3.8, 4) is 0 Å². The minimum absolute atomic E-state index is 0.181. The van der Waals surface area contributed by atoms with Crippen LogP contribution in [0.1, 0.15) is 27.8 Å². The molecule has 0 saturated heterocycles. The number of halogens is 3. The maximum absolute atomic E-state index is 13.0. The second-order valence-corrected chi connectivity index (χ2v) is 5.70. The second-order valence-electron chi connectivity index (χ2n) is 5.70. The topological polar surface area (TPSA) is 18.5 Å². The van der Waals surface area contributed by atoms with E-state index in [0.29, 0.717) is 23.3 Å². The van der Waals surface area contributed by atoms with Gasteiger partial charge in [-0.25, -0.2) is 0 Å². The number of alkyl halides is 3. The zero-order chi connectivity index (χ0) is 16.2. The Morgan fingerprint density at radius 2 is 1.65 bits per heavy atom. The van der Waals surface area contributed by atoms with Crippen LogP contribution in [0.25, 0.3) is 5.57 Å². The minimum atomic E-state index is -4.39. The van der Waals surface area contributed by atoms with Gasteiger partial charge in [-0.1, -0.05) is 36.9 Å². The lowest BCUT2D eigenvalue weighted by atomic mass is 9.86. The summed E-state index contributed by atoms with van der Waals surface area (Å²) in [6.45, 7) is 4.53. The van der Waals surface area contributed by atoms with Crippen molar-refractivity contribution in [1.29, 1.82) is 0 Å². The van der Waals surface area contributed by atoms with Crippen LogP contribution in [-0.4, -0.2) is 0 Å². The molecule has 0 bridgehead atoms. The van der Waals surface area contributed by atoms with E-state index in [9.17, 15) is 13.2 Å². The van der Waals surface area contributed by atoms with Gasteiger partial charge in [0.25, 0.3) is 0 Å². The summed E-state index contributed by atoms with van der Waals surface area (Å²) in [6, 6.07) is 11.2. The molecule has 0 aliphatic carbocycles. The van der Waals surface area contributed by atoms with E-state index in [2.05, 4.69) is 6.58 Å². The van der Waals surface area contributed by atoms with Crippen LogP contribution in [0.4, 0.5) is 13.2 Å². The predicted octanol–water partition coefficient (Wildman–Crippen LogP) is 4.63. The molecular weight excluding hydrogens is 305 g/mol. The van der Waals surface area contributed by atoms with Crippen LogP contribution in [0.3, 0.4) is 0 Å². The molecule has 0 N–H and O–H groups in total. The van der Waals surface area contributed by atoms with Crippen molar-refractivity contribution >= 4 is 5.57 Å². The molecule has 2 heterocycles. The highest BCUT2D eigenvalue weighted by atomic mass is 19.4. The van der Waals surface area contributed by atoms with E-state index in [-0.39, 0.29) is 6.61 Å². The fourth-order valence-electron chi connectivity index (χ4n) is 3.20. The van der Waals surface area contributed by atoms with E-state index >= 15 is 0 Å². The first-order valence-electron chi connectivity index (χ1n) is 7.18. The fraction of sp³-hybridized carbons (Fsp3) is 0.222. The number of hydrogen-bond acceptors (Lipinski definition) is 2. The van der Waals surface area contributed by atoms with Gasteiger partial charge in [-0.05, 0) is 28.8 Å². The Hall–Kier alpha value is -2.11. The van der Waals surface area contributed by atoms with Crippen LogP contribution < -0.4 is 0 Å². The van der Waals surface area contributed by atoms with Crippen molar-refractivity contribution < 1.29 is 22.6 Å². The van der Waals surface area contributed by atoms with Crippen LogP contribution in [0, 0.1) is 0 Å². The van der Waals surface area contributed by atoms with Gasteiger partial charge < -0.3 is 9.47 Å². The molecule has 1 unspecified atom stereocenters. The SMILES string of the molecule is C=C1c2cc(C(F)(F)F)ccc2COC12OCc1ccccc12. The van der Waals surface area contributed by atoms with Gasteiger partial charge in [0.05, 0.1) is 18.8 Å². The maximum Gasteiger partial charge on any atom is 0.416 e. The third-order valence-corrected chi connectivity index (χ3v) is 4.39. The van der Waals surface area contributed by atoms with Gasteiger partial charge in [0.15, 0.2) is 0 Å². The number of fused-ring (bicyclic) bond motifs is 3. The first kappa shape index (κ1) is 14.5. The highest BCUT2D eigenvalue weighted by Crippen LogP contribution is 2.50. The first-order valence-corrected chi connectivity index (χ1v) is 7.18. The Morgan fingerprint density at radius 3 is 2.39 bits per heavy atom. The number of rotatable bonds is 0. The summed E-state index contributed by atoms with van der Waals surface area (Å²) in [7, 11) is 0. The van der Waals surface area contributed by atoms with E-state index in [4.69, 9.17) is 9.47 Å². The smallest absolute Gasteiger partial charge is 0.337 e. The molecule has 0 radical (unpaired) electrons. The van der Waals surface area contributed by atoms with Crippen molar-refractivity contribution in [1.82, 2.24) is 0 Å². The molecule has 23 heavy (non-hydrogen) atoms. The van der Waals surface area contributed by atoms with E-state index in [1.165, 1.54) is 6.07 Å². The molecule has 1 spiro atoms. The van der Waals surface area contributed by atoms with Crippen molar-refractivity contribution in [3.63, 3.8) is 0 Å². The zero-order valence-electron chi connectivity index (χ0n) is 12.1. The van der Waals surface area contributed by atoms with Gasteiger partial charge >= 0.3 is 6.18 Å². The monoisotopic (exact) mass is 318 g/mol. The van der Waals surface area contributed by atoms with Crippen LogP contribution in [0.5, 0.6) is 0 Å². The molecule has 0 fully saturated rings. The molecule has 0 saturated carbocycles. The number of ether oxygens (including phenoxy) is 2. The number of benzene rings is 2. The summed E-state index contributed by atoms with van der Waals surface area (Å²) in [6.07, 6.45) is -4.39. The largest absolute Gasteiger partial charge is 0.416 e. The first-order chi connectivity index (χ1) is 10.9. The molecule has 1 atom stereocenters. The van der Waals surface area contributed by atoms with Crippen LogP contribution >= 0.6 is 0 Å². The van der Waals surface area contributed by atoms with Crippen molar-refractivity contribution in [2.45, 2.75) is 25.2 Å². The molecule has 2 aliphatic heterocycles. The van der Waals surface area contributed by atoms with Gasteiger partial charge in [-0.15, -0.1) is 0 Å². The molecular formula is C18H13F3O2. The summed E-state index contributed by atoms with van der Waals surface area (Å²) in [5.74, 6) is -1.19. The third kappa shape index (κ3) is 2.04. The van der Waals surface area contributed by atoms with Gasteiger partial charge in [0.1, 0.15) is 0 Å². The summed E-state index contributed by atoms with van der Waals surface area (Å²) in [4.78, 5) is 0. The molecule has 5 heteroatoms. The molecule has 4 rings (SSSR count). The highest BCUT2D eigenvalue weighted by Gasteiger charge is 2.47. The fourth-order valence-corrected chi connectivity index (χ4v) is 3.20. The molecule has 0 aromatic heterocycles. The Balaban J connectivity index is 1.84. The minimum Gasteiger partial charge on any atom is -0.337 e. The molecule has 2 aromatic rings. The van der Waals surface area contributed by atoms with Crippen molar-refractivity contribution in [3.05, 3.63) is 76.9 Å². The lowest BCUT2D eigenvalue weighted by Crippen LogP contribution is -2.34. The summed E-state index contributed by atoms with van der Waals surface area (Å²) >= 11 is 0. The van der Waals surface area contributed by atoms with Gasteiger partial charge in [-0.3, -0.25) is 0 Å². The quantitative estimate of drug-likeness (QED) is 0.705. The lowest BCUT2D eigenvalue weighted by Gasteiger charge is -2.37. The van der Waals surface area contributed by atoms with E-state index in [1.54, 1.807) is 0 Å². The Morgan fingerprint density at radius 1 is 0.957 bits per heavy atom. The predicted molar refractivity (Wildman–Crippen MR) is 78.2 cm³/mol. The van der Waals surface area contributed by atoms with Crippen molar-refractivity contribution in [2.24, 2.45) is 0 Å². The van der Waals surface area contributed by atoms with Crippen LogP contribution in [0.15, 0.2) is 49.0 Å². The highest BCUT2D eigenvalue weighted by molar-refractivity contribution is 5.76. The third-order valence-electron chi connectivity index (χ3n) is 4.39. The molecule has 0 amide bonds. The second kappa shape index (κ2) is 4.69. The zero-order valence-corrected chi connectivity index (χ0v) is 12.1.